The largest absolute Gasteiger partial charge is 0.372 e. The zero-order valence-electron chi connectivity index (χ0n) is 29.4. The third kappa shape index (κ3) is 10.2. The lowest BCUT2D eigenvalue weighted by Crippen LogP contribution is -2.21. The first-order valence-electron chi connectivity index (χ1n) is 17.3. The van der Waals surface area contributed by atoms with Crippen molar-refractivity contribution in [2.45, 2.75) is 34.6 Å². The predicted octanol–water partition coefficient (Wildman–Crippen LogP) is 10.6. The molecule has 4 aromatic carbocycles. The zero-order chi connectivity index (χ0) is 34.4. The molecule has 0 unspecified atom stereocenters. The van der Waals surface area contributed by atoms with Gasteiger partial charge in [0.1, 0.15) is 5.82 Å². The Balaban J connectivity index is 1.17. The van der Waals surface area contributed by atoms with Gasteiger partial charge in [-0.05, 0) is 104 Å². The summed E-state index contributed by atoms with van der Waals surface area (Å²) >= 11 is 0. The fourth-order valence-electron chi connectivity index (χ4n) is 5.61. The number of aryl methyl sites for hydroxylation is 1. The molecule has 5 rings (SSSR count). The lowest BCUT2D eigenvalue weighted by molar-refractivity contribution is 0.866. The van der Waals surface area contributed by atoms with Crippen molar-refractivity contribution in [1.29, 1.82) is 0 Å². The van der Waals surface area contributed by atoms with Gasteiger partial charge in [0, 0.05) is 37.6 Å². The van der Waals surface area contributed by atoms with Gasteiger partial charge in [-0.3, -0.25) is 0 Å². The Bertz CT molecular complexity index is 1740. The molecule has 5 aromatic rings. The fraction of sp³-hybridized carbons (Fsp3) is 0.205. The summed E-state index contributed by atoms with van der Waals surface area (Å²) in [5.41, 5.74) is 9.37. The van der Waals surface area contributed by atoms with Crippen molar-refractivity contribution < 1.29 is 0 Å². The van der Waals surface area contributed by atoms with Crippen LogP contribution in [0.5, 0.6) is 0 Å². The van der Waals surface area contributed by atoms with Gasteiger partial charge in [-0.1, -0.05) is 109 Å². The molecule has 0 atom stereocenters. The molecule has 49 heavy (non-hydrogen) atoms. The summed E-state index contributed by atoms with van der Waals surface area (Å²) in [5.74, 6) is 1.95. The van der Waals surface area contributed by atoms with Crippen molar-refractivity contribution in [2.75, 3.05) is 36.0 Å². The lowest BCUT2D eigenvalue weighted by atomic mass is 10.1. The summed E-state index contributed by atoms with van der Waals surface area (Å²) < 4.78 is 0. The molecule has 5 nitrogen and oxygen atoms in total. The molecule has 248 valence electrons. The number of rotatable bonds is 14. The van der Waals surface area contributed by atoms with Gasteiger partial charge in [-0.25, -0.2) is 15.0 Å². The minimum atomic E-state index is 0.634. The highest BCUT2D eigenvalue weighted by atomic mass is 15.1. The van der Waals surface area contributed by atoms with Gasteiger partial charge in [0.2, 0.25) is 0 Å². The second kappa shape index (κ2) is 17.6. The van der Waals surface area contributed by atoms with Crippen molar-refractivity contribution in [3.8, 4) is 0 Å². The van der Waals surface area contributed by atoms with E-state index in [-0.39, 0.29) is 0 Å². The molecule has 0 aliphatic heterocycles. The topological polar surface area (TPSA) is 45.2 Å². The Kier molecular flexibility index (Phi) is 12.5. The Morgan fingerprint density at radius 2 is 0.612 bits per heavy atom. The third-order valence-corrected chi connectivity index (χ3v) is 8.48. The number of nitrogens with zero attached hydrogens (tertiary/aromatic N) is 5. The van der Waals surface area contributed by atoms with E-state index >= 15 is 0 Å². The van der Waals surface area contributed by atoms with Gasteiger partial charge in [0.25, 0.3) is 0 Å². The van der Waals surface area contributed by atoms with Crippen molar-refractivity contribution >= 4 is 60.0 Å². The van der Waals surface area contributed by atoms with Crippen LogP contribution in [0.15, 0.2) is 97.1 Å². The molecule has 0 spiro atoms. The van der Waals surface area contributed by atoms with Crippen molar-refractivity contribution in [3.05, 3.63) is 148 Å². The highest BCUT2D eigenvalue weighted by Gasteiger charge is 2.03. The quantitative estimate of drug-likeness (QED) is 0.112. The Labute approximate surface area is 292 Å². The van der Waals surface area contributed by atoms with Crippen LogP contribution in [-0.2, 0) is 0 Å². The maximum absolute atomic E-state index is 4.66. The van der Waals surface area contributed by atoms with Crippen LogP contribution in [0.25, 0.3) is 48.6 Å². The highest BCUT2D eigenvalue weighted by molar-refractivity contribution is 5.74. The molecule has 0 saturated carbocycles. The third-order valence-electron chi connectivity index (χ3n) is 8.48. The molecular weight excluding hydrogens is 599 g/mol. The zero-order valence-corrected chi connectivity index (χ0v) is 29.4. The Morgan fingerprint density at radius 1 is 0.367 bits per heavy atom. The van der Waals surface area contributed by atoms with E-state index in [4.69, 9.17) is 0 Å². The maximum Gasteiger partial charge on any atom is 0.156 e. The van der Waals surface area contributed by atoms with Gasteiger partial charge >= 0.3 is 0 Å². The molecule has 0 bridgehead atoms. The Morgan fingerprint density at radius 3 is 0.878 bits per heavy atom. The van der Waals surface area contributed by atoms with Crippen LogP contribution in [0.2, 0.25) is 0 Å². The van der Waals surface area contributed by atoms with Crippen LogP contribution >= 0.6 is 0 Å². The van der Waals surface area contributed by atoms with E-state index in [2.05, 4.69) is 174 Å². The summed E-state index contributed by atoms with van der Waals surface area (Å²) in [4.78, 5) is 18.4. The monoisotopic (exact) mass is 645 g/mol. The van der Waals surface area contributed by atoms with Gasteiger partial charge in [-0.15, -0.1) is 0 Å². The average molecular weight is 646 g/mol. The van der Waals surface area contributed by atoms with Crippen LogP contribution in [0, 0.1) is 6.92 Å². The predicted molar refractivity (Wildman–Crippen MR) is 213 cm³/mol. The minimum Gasteiger partial charge on any atom is -0.372 e. The molecule has 0 fully saturated rings. The van der Waals surface area contributed by atoms with Gasteiger partial charge < -0.3 is 9.80 Å². The van der Waals surface area contributed by atoms with E-state index in [1.807, 2.05) is 31.2 Å². The molecule has 5 heteroatoms. The van der Waals surface area contributed by atoms with Gasteiger partial charge in [0.15, 0.2) is 11.6 Å². The first-order valence-corrected chi connectivity index (χ1v) is 17.3. The summed E-state index contributed by atoms with van der Waals surface area (Å²) in [6.45, 7) is 14.7. The normalized spacial score (nSPS) is 11.8. The van der Waals surface area contributed by atoms with Crippen LogP contribution in [0.3, 0.4) is 0 Å². The molecule has 0 aliphatic rings. The Hall–Kier alpha value is -5.55. The number of benzene rings is 4. The molecule has 0 saturated heterocycles. The lowest BCUT2D eigenvalue weighted by Gasteiger charge is -2.20. The molecule has 0 aliphatic carbocycles. The van der Waals surface area contributed by atoms with E-state index in [1.54, 1.807) is 0 Å². The number of anilines is 2. The molecule has 0 amide bonds. The molecule has 1 aromatic heterocycles. The first kappa shape index (κ1) is 34.8. The SMILES string of the molecule is CCN(CC)c1ccc(/C=C/c2ccc(/C=C/c3nc(C)nc(/C=C/c4ccc(/C=C/c5ccc(N(CC)CC)cc5)cc4)n3)cc2)cc1. The molecule has 0 N–H and O–H groups in total. The molecule has 0 radical (unpaired) electrons. The summed E-state index contributed by atoms with van der Waals surface area (Å²) in [6, 6.07) is 34.4. The van der Waals surface area contributed by atoms with E-state index in [0.717, 1.165) is 48.4 Å². The molecular formula is C44H47N5. The maximum atomic E-state index is 4.66. The van der Waals surface area contributed by atoms with Gasteiger partial charge in [-0.2, -0.15) is 0 Å². The second-order valence-electron chi connectivity index (χ2n) is 11.8. The first-order chi connectivity index (χ1) is 24.0. The van der Waals surface area contributed by atoms with E-state index in [9.17, 15) is 0 Å². The van der Waals surface area contributed by atoms with E-state index < -0.39 is 0 Å². The number of aromatic nitrogens is 3. The van der Waals surface area contributed by atoms with E-state index in [0.29, 0.717) is 17.5 Å². The number of hydrogen-bond acceptors (Lipinski definition) is 5. The summed E-state index contributed by atoms with van der Waals surface area (Å²) in [6.07, 6.45) is 16.5. The highest BCUT2D eigenvalue weighted by Crippen LogP contribution is 2.19. The van der Waals surface area contributed by atoms with Crippen LogP contribution in [0.1, 0.15) is 78.5 Å². The summed E-state index contributed by atoms with van der Waals surface area (Å²) in [5, 5.41) is 0. The van der Waals surface area contributed by atoms with Crippen molar-refractivity contribution in [3.63, 3.8) is 0 Å². The number of hydrogen-bond donors (Lipinski definition) is 0. The van der Waals surface area contributed by atoms with Crippen LogP contribution < -0.4 is 9.80 Å². The second-order valence-corrected chi connectivity index (χ2v) is 11.8. The fourth-order valence-corrected chi connectivity index (χ4v) is 5.61. The van der Waals surface area contributed by atoms with E-state index in [1.165, 1.54) is 22.5 Å². The average Bonchev–Trinajstić information content (AvgIpc) is 3.14. The van der Waals surface area contributed by atoms with Gasteiger partial charge in [0.05, 0.1) is 0 Å². The standard InChI is InChI=1S/C44H47N5/c1-6-48(7-2)41-28-22-39(23-29-41)20-14-35-10-16-37(17-11-35)26-32-43-45-34(5)46-44(47-43)33-27-38-18-12-36(13-19-38)15-21-40-24-30-42(31-25-40)49(8-3)9-4/h10-33H,6-9H2,1-5H3/b20-14+,21-15+,32-26+,33-27+. The van der Waals surface area contributed by atoms with Crippen LogP contribution in [-0.4, -0.2) is 41.1 Å². The molecule has 1 heterocycles. The summed E-state index contributed by atoms with van der Waals surface area (Å²) in [7, 11) is 0. The van der Waals surface area contributed by atoms with Crippen LogP contribution in [0.4, 0.5) is 11.4 Å². The smallest absolute Gasteiger partial charge is 0.156 e. The van der Waals surface area contributed by atoms with Crippen molar-refractivity contribution in [1.82, 2.24) is 15.0 Å². The van der Waals surface area contributed by atoms with Crippen molar-refractivity contribution in [2.24, 2.45) is 0 Å². The minimum absolute atomic E-state index is 0.634.